The van der Waals surface area contributed by atoms with Crippen LogP contribution < -0.4 is 9.86 Å². The molecular weight excluding hydrogens is 180 g/mol. The fourth-order valence-corrected chi connectivity index (χ4v) is 2.13. The van der Waals surface area contributed by atoms with Crippen LogP contribution in [0.2, 0.25) is 0 Å². The third kappa shape index (κ3) is 3.48. The van der Waals surface area contributed by atoms with E-state index in [1.165, 1.54) is 0 Å². The molecule has 0 radical (unpaired) electrons. The molecular formula is C6H14N2O3S. The summed E-state index contributed by atoms with van der Waals surface area (Å²) in [5, 5.41) is 13.9. The second-order valence-corrected chi connectivity index (χ2v) is 4.49. The third-order valence-corrected chi connectivity index (χ3v) is 2.69. The zero-order valence-electron chi connectivity index (χ0n) is 6.73. The monoisotopic (exact) mass is 194 g/mol. The van der Waals surface area contributed by atoms with Crippen LogP contribution >= 0.6 is 0 Å². The van der Waals surface area contributed by atoms with Crippen molar-refractivity contribution in [3.05, 3.63) is 0 Å². The molecule has 0 unspecified atom stereocenters. The quantitative estimate of drug-likeness (QED) is 0.531. The average molecular weight is 194 g/mol. The first-order chi connectivity index (χ1) is 5.47. The van der Waals surface area contributed by atoms with E-state index in [2.05, 4.69) is 4.72 Å². The highest BCUT2D eigenvalue weighted by Gasteiger charge is 2.21. The van der Waals surface area contributed by atoms with Crippen LogP contribution in [-0.4, -0.2) is 25.7 Å². The number of hydrogen-bond acceptors (Lipinski definition) is 3. The summed E-state index contributed by atoms with van der Waals surface area (Å²) in [6.45, 7) is 0. The van der Waals surface area contributed by atoms with E-state index in [0.717, 1.165) is 0 Å². The Hall–Kier alpha value is -0.170. The number of hydrogen-bond donors (Lipinski definition) is 3. The van der Waals surface area contributed by atoms with Crippen LogP contribution in [0.1, 0.15) is 25.7 Å². The van der Waals surface area contributed by atoms with Crippen LogP contribution in [0.5, 0.6) is 0 Å². The zero-order chi connectivity index (χ0) is 9.19. The average Bonchev–Trinajstić information content (AvgIpc) is 1.91. The molecule has 0 heterocycles. The molecule has 0 aliphatic heterocycles. The lowest BCUT2D eigenvalue weighted by molar-refractivity contribution is 0.120. The topological polar surface area (TPSA) is 92.4 Å². The van der Waals surface area contributed by atoms with Gasteiger partial charge in [-0.1, -0.05) is 0 Å². The molecule has 12 heavy (non-hydrogen) atoms. The summed E-state index contributed by atoms with van der Waals surface area (Å²) in [6.07, 6.45) is 2.35. The molecule has 0 bridgehead atoms. The van der Waals surface area contributed by atoms with Crippen molar-refractivity contribution in [2.45, 2.75) is 37.8 Å². The van der Waals surface area contributed by atoms with Crippen LogP contribution in [0.25, 0.3) is 0 Å². The van der Waals surface area contributed by atoms with Crippen molar-refractivity contribution in [1.82, 2.24) is 4.72 Å². The van der Waals surface area contributed by atoms with Gasteiger partial charge in [0.25, 0.3) is 10.2 Å². The zero-order valence-corrected chi connectivity index (χ0v) is 7.55. The van der Waals surface area contributed by atoms with Crippen molar-refractivity contribution in [1.29, 1.82) is 0 Å². The minimum absolute atomic E-state index is 0.0941. The van der Waals surface area contributed by atoms with Gasteiger partial charge in [-0.3, -0.25) is 0 Å². The van der Waals surface area contributed by atoms with E-state index < -0.39 is 10.2 Å². The van der Waals surface area contributed by atoms with Gasteiger partial charge < -0.3 is 5.11 Å². The predicted octanol–water partition coefficient (Wildman–Crippen LogP) is -0.917. The summed E-state index contributed by atoms with van der Waals surface area (Å²) >= 11 is 0. The normalized spacial score (nSPS) is 31.8. The smallest absolute Gasteiger partial charge is 0.274 e. The molecule has 0 atom stereocenters. The molecule has 1 saturated carbocycles. The van der Waals surface area contributed by atoms with Gasteiger partial charge in [0.2, 0.25) is 0 Å². The van der Waals surface area contributed by atoms with E-state index in [-0.39, 0.29) is 12.1 Å². The molecule has 6 heteroatoms. The first kappa shape index (κ1) is 9.91. The Balaban J connectivity index is 2.36. The largest absolute Gasteiger partial charge is 0.393 e. The van der Waals surface area contributed by atoms with Crippen molar-refractivity contribution < 1.29 is 13.5 Å². The first-order valence-corrected chi connectivity index (χ1v) is 5.50. The molecule has 0 aromatic heterocycles. The third-order valence-electron chi connectivity index (χ3n) is 2.03. The summed E-state index contributed by atoms with van der Waals surface area (Å²) in [5.41, 5.74) is 0. The summed E-state index contributed by atoms with van der Waals surface area (Å²) in [6, 6.07) is -0.0941. The Bertz CT molecular complexity index is 231. The number of nitrogens with two attached hydrogens (primary N) is 1. The van der Waals surface area contributed by atoms with E-state index in [0.29, 0.717) is 25.7 Å². The molecule has 0 aromatic rings. The van der Waals surface area contributed by atoms with Crippen molar-refractivity contribution in [2.75, 3.05) is 0 Å². The maximum Gasteiger partial charge on any atom is 0.274 e. The molecule has 1 aliphatic carbocycles. The van der Waals surface area contributed by atoms with Gasteiger partial charge in [-0.05, 0) is 25.7 Å². The van der Waals surface area contributed by atoms with Crippen molar-refractivity contribution in [3.8, 4) is 0 Å². The lowest BCUT2D eigenvalue weighted by Gasteiger charge is -2.24. The molecule has 1 rings (SSSR count). The molecule has 0 spiro atoms. The van der Waals surface area contributed by atoms with Crippen LogP contribution in [0, 0.1) is 0 Å². The van der Waals surface area contributed by atoms with E-state index in [4.69, 9.17) is 10.2 Å². The molecule has 4 N–H and O–H groups in total. The van der Waals surface area contributed by atoms with Gasteiger partial charge in [0.05, 0.1) is 6.10 Å². The molecule has 0 saturated heterocycles. The second-order valence-electron chi connectivity index (χ2n) is 3.17. The fourth-order valence-electron chi connectivity index (χ4n) is 1.43. The molecule has 1 aliphatic rings. The molecule has 5 nitrogen and oxygen atoms in total. The molecule has 0 amide bonds. The molecule has 72 valence electrons. The summed E-state index contributed by atoms with van der Waals surface area (Å²) < 4.78 is 23.5. The summed E-state index contributed by atoms with van der Waals surface area (Å²) in [4.78, 5) is 0. The highest BCUT2D eigenvalue weighted by atomic mass is 32.2. The first-order valence-electron chi connectivity index (χ1n) is 3.95. The van der Waals surface area contributed by atoms with Crippen LogP contribution in [0.15, 0.2) is 0 Å². The van der Waals surface area contributed by atoms with Gasteiger partial charge in [-0.15, -0.1) is 0 Å². The minimum atomic E-state index is -3.57. The van der Waals surface area contributed by atoms with Crippen LogP contribution in [0.3, 0.4) is 0 Å². The summed E-state index contributed by atoms with van der Waals surface area (Å²) in [5.74, 6) is 0. The molecule has 0 aromatic carbocycles. The van der Waals surface area contributed by atoms with Gasteiger partial charge >= 0.3 is 0 Å². The van der Waals surface area contributed by atoms with Crippen molar-refractivity contribution >= 4 is 10.2 Å². The van der Waals surface area contributed by atoms with Crippen molar-refractivity contribution in [2.24, 2.45) is 5.14 Å². The Morgan fingerprint density at radius 1 is 1.25 bits per heavy atom. The maximum atomic E-state index is 10.6. The Kier molecular flexibility index (Phi) is 3.05. The highest BCUT2D eigenvalue weighted by Crippen LogP contribution is 2.18. The number of nitrogens with one attached hydrogen (secondary N) is 1. The van der Waals surface area contributed by atoms with Gasteiger partial charge in [-0.2, -0.15) is 13.1 Å². The van der Waals surface area contributed by atoms with Gasteiger partial charge in [0, 0.05) is 6.04 Å². The lowest BCUT2D eigenvalue weighted by atomic mass is 9.94. The van der Waals surface area contributed by atoms with Gasteiger partial charge in [0.15, 0.2) is 0 Å². The van der Waals surface area contributed by atoms with E-state index in [1.54, 1.807) is 0 Å². The van der Waals surface area contributed by atoms with Gasteiger partial charge in [-0.25, -0.2) is 5.14 Å². The van der Waals surface area contributed by atoms with Crippen LogP contribution in [0.4, 0.5) is 0 Å². The number of rotatable bonds is 2. The SMILES string of the molecule is NS(=O)(=O)NC1CCC(O)CC1. The highest BCUT2D eigenvalue weighted by molar-refractivity contribution is 7.87. The van der Waals surface area contributed by atoms with E-state index in [9.17, 15) is 8.42 Å². The van der Waals surface area contributed by atoms with Crippen LogP contribution in [-0.2, 0) is 10.2 Å². The second kappa shape index (κ2) is 3.69. The Morgan fingerprint density at radius 2 is 1.75 bits per heavy atom. The summed E-state index contributed by atoms with van der Waals surface area (Å²) in [7, 11) is -3.57. The number of aliphatic hydroxyl groups is 1. The van der Waals surface area contributed by atoms with E-state index >= 15 is 0 Å². The molecule has 1 fully saturated rings. The Morgan fingerprint density at radius 3 is 2.17 bits per heavy atom. The maximum absolute atomic E-state index is 10.6. The van der Waals surface area contributed by atoms with Crippen molar-refractivity contribution in [3.63, 3.8) is 0 Å². The standard InChI is InChI=1S/C6H14N2O3S/c7-12(10,11)8-5-1-3-6(9)4-2-5/h5-6,8-9H,1-4H2,(H2,7,10,11). The minimum Gasteiger partial charge on any atom is -0.393 e. The van der Waals surface area contributed by atoms with Gasteiger partial charge in [0.1, 0.15) is 0 Å². The fraction of sp³-hybridized carbons (Fsp3) is 1.00. The number of aliphatic hydroxyl groups excluding tert-OH is 1. The predicted molar refractivity (Wildman–Crippen MR) is 44.5 cm³/mol. The van der Waals surface area contributed by atoms with E-state index in [1.807, 2.05) is 0 Å². The Labute approximate surface area is 72.1 Å². The lowest BCUT2D eigenvalue weighted by Crippen LogP contribution is -2.41.